The number of rotatable bonds is 1. The molecule has 1 aliphatic heterocycles. The fraction of sp³-hybridized carbons (Fsp3) is 0.333. The first kappa shape index (κ1) is 15.3. The number of hydrogen-bond acceptors (Lipinski definition) is 3. The molecule has 1 aromatic carbocycles. The van der Waals surface area contributed by atoms with Gasteiger partial charge in [0.05, 0.1) is 5.56 Å². The Bertz CT molecular complexity index is 918. The Labute approximate surface area is 144 Å². The molecule has 0 radical (unpaired) electrons. The number of fused-ring (bicyclic) bond motifs is 1. The van der Waals surface area contributed by atoms with Gasteiger partial charge in [0.1, 0.15) is 5.82 Å². The van der Waals surface area contributed by atoms with Gasteiger partial charge in [0, 0.05) is 28.6 Å². The molecule has 2 aliphatic rings. The Morgan fingerprint density at radius 3 is 2.50 bits per heavy atom. The van der Waals surface area contributed by atoms with E-state index in [9.17, 15) is 9.59 Å². The van der Waals surface area contributed by atoms with Gasteiger partial charge in [0.25, 0.3) is 5.56 Å². The number of aromatic amines is 2. The summed E-state index contributed by atoms with van der Waals surface area (Å²) in [6, 6.07) is 7.34. The van der Waals surface area contributed by atoms with Crippen molar-refractivity contribution in [2.75, 3.05) is 5.32 Å². The molecule has 0 spiro atoms. The number of halogens is 1. The molecule has 24 heavy (non-hydrogen) atoms. The quantitative estimate of drug-likeness (QED) is 0.741. The van der Waals surface area contributed by atoms with E-state index < -0.39 is 0 Å². The van der Waals surface area contributed by atoms with Gasteiger partial charge in [-0.1, -0.05) is 37.6 Å². The van der Waals surface area contributed by atoms with E-state index in [0.717, 1.165) is 17.7 Å². The van der Waals surface area contributed by atoms with Crippen LogP contribution in [0.15, 0.2) is 40.3 Å². The molecule has 1 aliphatic carbocycles. The second-order valence-electron chi connectivity index (χ2n) is 7.31. The number of ketones is 1. The molecule has 0 amide bonds. The van der Waals surface area contributed by atoms with Crippen LogP contribution in [0.3, 0.4) is 0 Å². The van der Waals surface area contributed by atoms with E-state index in [0.29, 0.717) is 28.4 Å². The lowest BCUT2D eigenvalue weighted by Crippen LogP contribution is -2.34. The van der Waals surface area contributed by atoms with Crippen LogP contribution in [0.4, 0.5) is 5.82 Å². The molecule has 2 heterocycles. The van der Waals surface area contributed by atoms with Crippen molar-refractivity contribution in [3.63, 3.8) is 0 Å². The number of benzene rings is 1. The third-order valence-electron chi connectivity index (χ3n) is 4.79. The lowest BCUT2D eigenvalue weighted by atomic mass is 9.69. The van der Waals surface area contributed by atoms with Gasteiger partial charge >= 0.3 is 0 Å². The number of carbonyl (C=O) groups excluding carboxylic acids is 1. The van der Waals surface area contributed by atoms with Gasteiger partial charge in [-0.25, -0.2) is 0 Å². The molecule has 1 unspecified atom stereocenters. The second kappa shape index (κ2) is 5.11. The largest absolute Gasteiger partial charge is 0.343 e. The number of Topliss-reactive ketones (excluding diaryl/α,β-unsaturated/α-hetero) is 1. The summed E-state index contributed by atoms with van der Waals surface area (Å²) in [4.78, 5) is 25.2. The van der Waals surface area contributed by atoms with E-state index >= 15 is 0 Å². The number of allylic oxidation sites excluding steroid dienone is 2. The van der Waals surface area contributed by atoms with Gasteiger partial charge < -0.3 is 5.32 Å². The number of anilines is 1. The lowest BCUT2D eigenvalue weighted by Gasteiger charge is -2.37. The highest BCUT2D eigenvalue weighted by Gasteiger charge is 2.42. The summed E-state index contributed by atoms with van der Waals surface area (Å²) in [5.74, 6) is 0.372. The molecule has 5 nitrogen and oxygen atoms in total. The fourth-order valence-corrected chi connectivity index (χ4v) is 3.93. The Kier molecular flexibility index (Phi) is 3.25. The summed E-state index contributed by atoms with van der Waals surface area (Å²) in [6.45, 7) is 4.17. The highest BCUT2D eigenvalue weighted by Crippen LogP contribution is 2.47. The molecule has 124 valence electrons. The minimum Gasteiger partial charge on any atom is -0.343 e. The first-order valence-corrected chi connectivity index (χ1v) is 8.33. The van der Waals surface area contributed by atoms with Crippen LogP contribution in [-0.2, 0) is 4.79 Å². The SMILES string of the molecule is CC1(C)CC(=O)C2=C(C1)Nc1[nH][nH]c(=O)c1C2c1ccc(Cl)cc1. The van der Waals surface area contributed by atoms with Gasteiger partial charge in [0.2, 0.25) is 0 Å². The van der Waals surface area contributed by atoms with Crippen molar-refractivity contribution in [3.05, 3.63) is 62.0 Å². The van der Waals surface area contributed by atoms with Crippen LogP contribution >= 0.6 is 11.6 Å². The molecule has 1 aromatic heterocycles. The molecule has 3 N–H and O–H groups in total. The topological polar surface area (TPSA) is 77.8 Å². The van der Waals surface area contributed by atoms with Crippen molar-refractivity contribution in [2.45, 2.75) is 32.6 Å². The maximum atomic E-state index is 12.9. The second-order valence-corrected chi connectivity index (χ2v) is 7.75. The van der Waals surface area contributed by atoms with E-state index in [1.54, 1.807) is 12.1 Å². The monoisotopic (exact) mass is 343 g/mol. The number of hydrogen-bond donors (Lipinski definition) is 3. The number of carbonyl (C=O) groups is 1. The molecule has 0 saturated carbocycles. The average molecular weight is 344 g/mol. The van der Waals surface area contributed by atoms with Crippen molar-refractivity contribution in [3.8, 4) is 0 Å². The Morgan fingerprint density at radius 1 is 1.08 bits per heavy atom. The molecule has 4 rings (SSSR count). The summed E-state index contributed by atoms with van der Waals surface area (Å²) in [7, 11) is 0. The fourth-order valence-electron chi connectivity index (χ4n) is 3.81. The first-order chi connectivity index (χ1) is 11.4. The minimum absolute atomic E-state index is 0.0957. The van der Waals surface area contributed by atoms with Gasteiger partial charge in [-0.3, -0.25) is 19.8 Å². The maximum Gasteiger partial charge on any atom is 0.270 e. The van der Waals surface area contributed by atoms with Crippen LogP contribution in [0.2, 0.25) is 5.02 Å². The van der Waals surface area contributed by atoms with Crippen molar-refractivity contribution >= 4 is 23.2 Å². The maximum absolute atomic E-state index is 12.9. The number of aromatic nitrogens is 2. The predicted molar refractivity (Wildman–Crippen MR) is 93.4 cm³/mol. The van der Waals surface area contributed by atoms with E-state index in [4.69, 9.17) is 11.6 Å². The van der Waals surface area contributed by atoms with E-state index in [1.165, 1.54) is 0 Å². The van der Waals surface area contributed by atoms with Crippen LogP contribution in [0.5, 0.6) is 0 Å². The van der Waals surface area contributed by atoms with Gasteiger partial charge in [-0.2, -0.15) is 0 Å². The van der Waals surface area contributed by atoms with Crippen LogP contribution in [0.1, 0.15) is 43.7 Å². The van der Waals surface area contributed by atoms with E-state index in [1.807, 2.05) is 12.1 Å². The van der Waals surface area contributed by atoms with Crippen molar-refractivity contribution < 1.29 is 4.79 Å². The summed E-state index contributed by atoms with van der Waals surface area (Å²) >= 11 is 6.00. The predicted octanol–water partition coefficient (Wildman–Crippen LogP) is 3.56. The normalized spacial score (nSPS) is 22.0. The molecule has 0 bridgehead atoms. The van der Waals surface area contributed by atoms with Crippen molar-refractivity contribution in [1.29, 1.82) is 0 Å². The molecule has 2 aromatic rings. The molecule has 6 heteroatoms. The van der Waals surface area contributed by atoms with Gasteiger partial charge in [0.15, 0.2) is 5.78 Å². The third-order valence-corrected chi connectivity index (χ3v) is 5.04. The standard InChI is InChI=1S/C18H18ClN3O2/c1-18(2)7-11-14(12(23)8-18)13(9-3-5-10(19)6-4-9)15-16(20-11)21-22-17(15)24/h3-6,13H,7-8H2,1-2H3,(H3,20,21,22,24). The number of H-pyrrole nitrogens is 2. The third kappa shape index (κ3) is 2.31. The highest BCUT2D eigenvalue weighted by molar-refractivity contribution is 6.30. The lowest BCUT2D eigenvalue weighted by molar-refractivity contribution is -0.118. The molecule has 1 atom stereocenters. The van der Waals surface area contributed by atoms with Crippen LogP contribution in [-0.4, -0.2) is 16.0 Å². The van der Waals surface area contributed by atoms with E-state index in [-0.39, 0.29) is 22.7 Å². The molecular weight excluding hydrogens is 326 g/mol. The van der Waals surface area contributed by atoms with Crippen molar-refractivity contribution in [2.24, 2.45) is 5.41 Å². The summed E-state index contributed by atoms with van der Waals surface area (Å²) < 4.78 is 0. The summed E-state index contributed by atoms with van der Waals surface area (Å²) in [6.07, 6.45) is 1.25. The average Bonchev–Trinajstić information content (AvgIpc) is 2.86. The van der Waals surface area contributed by atoms with E-state index in [2.05, 4.69) is 29.4 Å². The highest BCUT2D eigenvalue weighted by atomic mass is 35.5. The zero-order valence-electron chi connectivity index (χ0n) is 13.5. The summed E-state index contributed by atoms with van der Waals surface area (Å²) in [5.41, 5.74) is 2.76. The van der Waals surface area contributed by atoms with Gasteiger partial charge in [-0.05, 0) is 29.5 Å². The zero-order chi connectivity index (χ0) is 17.1. The summed E-state index contributed by atoms with van der Waals surface area (Å²) in [5, 5.41) is 9.41. The minimum atomic E-state index is -0.368. The number of nitrogens with one attached hydrogen (secondary N) is 3. The molecular formula is C18H18ClN3O2. The first-order valence-electron chi connectivity index (χ1n) is 7.95. The Morgan fingerprint density at radius 2 is 1.79 bits per heavy atom. The molecule has 0 fully saturated rings. The van der Waals surface area contributed by atoms with Crippen LogP contribution < -0.4 is 10.9 Å². The Hall–Kier alpha value is -2.27. The Balaban J connectivity index is 1.94. The van der Waals surface area contributed by atoms with Crippen LogP contribution in [0.25, 0.3) is 0 Å². The molecule has 0 saturated heterocycles. The van der Waals surface area contributed by atoms with Crippen LogP contribution in [0, 0.1) is 5.41 Å². The van der Waals surface area contributed by atoms with Crippen molar-refractivity contribution in [1.82, 2.24) is 10.2 Å². The zero-order valence-corrected chi connectivity index (χ0v) is 14.3. The van der Waals surface area contributed by atoms with Gasteiger partial charge in [-0.15, -0.1) is 0 Å². The smallest absolute Gasteiger partial charge is 0.270 e.